The Morgan fingerprint density at radius 2 is 1.85 bits per heavy atom. The molecule has 1 fully saturated rings. The molecule has 1 aromatic carbocycles. The molecule has 0 aliphatic carbocycles. The molecule has 8 nitrogen and oxygen atoms in total. The molecule has 0 radical (unpaired) electrons. The quantitative estimate of drug-likeness (QED) is 0.515. The molecule has 0 saturated carbocycles. The van der Waals surface area contributed by atoms with E-state index in [-0.39, 0.29) is 17.3 Å². The van der Waals surface area contributed by atoms with Crippen LogP contribution in [-0.2, 0) is 21.4 Å². The van der Waals surface area contributed by atoms with Crippen molar-refractivity contribution in [1.82, 2.24) is 14.6 Å². The lowest BCUT2D eigenvalue weighted by molar-refractivity contribution is -0.126. The minimum absolute atomic E-state index is 0.0747. The molecule has 33 heavy (non-hydrogen) atoms. The highest BCUT2D eigenvalue weighted by Crippen LogP contribution is 2.23. The van der Waals surface area contributed by atoms with Crippen LogP contribution in [0.1, 0.15) is 11.3 Å². The number of aromatic nitrogens is 1. The lowest BCUT2D eigenvalue weighted by atomic mass is 10.2. The van der Waals surface area contributed by atoms with Crippen LogP contribution < -0.4 is 9.62 Å². The van der Waals surface area contributed by atoms with Gasteiger partial charge in [-0.25, -0.2) is 18.1 Å². The molecule has 0 unspecified atom stereocenters. The third kappa shape index (κ3) is 5.81. The van der Waals surface area contributed by atoms with Crippen LogP contribution in [0.25, 0.3) is 6.08 Å². The maximum absolute atomic E-state index is 12.6. The van der Waals surface area contributed by atoms with Crippen LogP contribution in [0.15, 0.2) is 76.4 Å². The van der Waals surface area contributed by atoms with Gasteiger partial charge in [-0.15, -0.1) is 0 Å². The van der Waals surface area contributed by atoms with Gasteiger partial charge in [-0.1, -0.05) is 23.7 Å². The van der Waals surface area contributed by atoms with Crippen molar-refractivity contribution in [3.8, 4) is 0 Å². The molecule has 1 aliphatic heterocycles. The van der Waals surface area contributed by atoms with Crippen LogP contribution in [-0.4, -0.2) is 50.4 Å². The van der Waals surface area contributed by atoms with Gasteiger partial charge in [0, 0.05) is 38.5 Å². The number of benzene rings is 1. The second-order valence-electron chi connectivity index (χ2n) is 7.43. The fourth-order valence-corrected chi connectivity index (χ4v) is 4.68. The van der Waals surface area contributed by atoms with Crippen molar-refractivity contribution in [2.45, 2.75) is 11.4 Å². The Hall–Kier alpha value is -3.14. The standard InChI is InChI=1S/C23H23ClN4O4S/c24-21-4-1-11-25-23(21)28-14-12-27(13-15-28)22(29)10-7-18-5-8-20(9-6-18)33(30,31)26-17-19-3-2-16-32-19/h1-11,16,26H,12-15,17H2/b10-7+. The predicted octanol–water partition coefficient (Wildman–Crippen LogP) is 3.17. The third-order valence-corrected chi connectivity index (χ3v) is 6.97. The van der Waals surface area contributed by atoms with Crippen molar-refractivity contribution in [1.29, 1.82) is 0 Å². The van der Waals surface area contributed by atoms with Crippen molar-refractivity contribution in [2.75, 3.05) is 31.1 Å². The van der Waals surface area contributed by atoms with Gasteiger partial charge in [0.05, 0.1) is 22.7 Å². The first kappa shape index (κ1) is 23.0. The monoisotopic (exact) mass is 486 g/mol. The maximum atomic E-state index is 12.6. The summed E-state index contributed by atoms with van der Waals surface area (Å²) >= 11 is 6.21. The Bertz CT molecular complexity index is 1220. The number of carbonyl (C=O) groups is 1. The van der Waals surface area contributed by atoms with Crippen LogP contribution >= 0.6 is 11.6 Å². The van der Waals surface area contributed by atoms with Gasteiger partial charge in [-0.05, 0) is 48.0 Å². The average Bonchev–Trinajstić information content (AvgIpc) is 3.36. The molecular formula is C23H23ClN4O4S. The normalized spacial score (nSPS) is 14.7. The zero-order valence-corrected chi connectivity index (χ0v) is 19.3. The summed E-state index contributed by atoms with van der Waals surface area (Å²) in [5.41, 5.74) is 0.729. The SMILES string of the molecule is O=C(/C=C/c1ccc(S(=O)(=O)NCc2ccco2)cc1)N1CCN(c2ncccc2Cl)CC1. The summed E-state index contributed by atoms with van der Waals surface area (Å²) in [4.78, 5) is 20.9. The number of halogens is 1. The van der Waals surface area contributed by atoms with Gasteiger partial charge in [0.25, 0.3) is 0 Å². The van der Waals surface area contributed by atoms with E-state index in [1.54, 1.807) is 53.6 Å². The van der Waals surface area contributed by atoms with Gasteiger partial charge >= 0.3 is 0 Å². The highest BCUT2D eigenvalue weighted by atomic mass is 35.5. The molecule has 0 spiro atoms. The van der Waals surface area contributed by atoms with Crippen molar-refractivity contribution in [3.05, 3.63) is 83.4 Å². The molecule has 4 rings (SSSR count). The lowest BCUT2D eigenvalue weighted by Gasteiger charge is -2.35. The Morgan fingerprint density at radius 1 is 1.09 bits per heavy atom. The number of rotatable bonds is 7. The van der Waals surface area contributed by atoms with Crippen LogP contribution in [0.3, 0.4) is 0 Å². The van der Waals surface area contributed by atoms with E-state index in [1.165, 1.54) is 24.5 Å². The van der Waals surface area contributed by atoms with Gasteiger partial charge in [-0.3, -0.25) is 4.79 Å². The predicted molar refractivity (Wildman–Crippen MR) is 126 cm³/mol. The summed E-state index contributed by atoms with van der Waals surface area (Å²) in [5, 5.41) is 0.596. The number of anilines is 1. The second-order valence-corrected chi connectivity index (χ2v) is 9.60. The molecule has 1 amide bonds. The number of amides is 1. The largest absolute Gasteiger partial charge is 0.468 e. The molecular weight excluding hydrogens is 464 g/mol. The molecule has 1 N–H and O–H groups in total. The lowest BCUT2D eigenvalue weighted by Crippen LogP contribution is -2.48. The minimum atomic E-state index is -3.66. The number of nitrogens with zero attached hydrogens (tertiary/aromatic N) is 3. The smallest absolute Gasteiger partial charge is 0.246 e. The van der Waals surface area contributed by atoms with Crippen LogP contribution in [0.2, 0.25) is 5.02 Å². The Kier molecular flexibility index (Phi) is 7.12. The zero-order valence-electron chi connectivity index (χ0n) is 17.7. The van der Waals surface area contributed by atoms with Crippen molar-refractivity contribution < 1.29 is 17.6 Å². The van der Waals surface area contributed by atoms with E-state index in [1.807, 2.05) is 0 Å². The molecule has 0 atom stereocenters. The Labute approximate surface area is 197 Å². The Balaban J connectivity index is 1.31. The highest BCUT2D eigenvalue weighted by Gasteiger charge is 2.22. The summed E-state index contributed by atoms with van der Waals surface area (Å²) in [7, 11) is -3.66. The summed E-state index contributed by atoms with van der Waals surface area (Å²) in [6, 6.07) is 13.3. The van der Waals surface area contributed by atoms with E-state index in [0.29, 0.717) is 37.0 Å². The molecule has 1 saturated heterocycles. The summed E-state index contributed by atoms with van der Waals surface area (Å²) < 4.78 is 32.5. The molecule has 172 valence electrons. The first-order valence-electron chi connectivity index (χ1n) is 10.4. The highest BCUT2D eigenvalue weighted by molar-refractivity contribution is 7.89. The number of hydrogen-bond acceptors (Lipinski definition) is 6. The van der Waals surface area contributed by atoms with E-state index >= 15 is 0 Å². The first-order valence-corrected chi connectivity index (χ1v) is 12.2. The molecule has 0 bridgehead atoms. The molecule has 1 aliphatic rings. The number of sulfonamides is 1. The maximum Gasteiger partial charge on any atom is 0.246 e. The summed E-state index contributed by atoms with van der Waals surface area (Å²) in [6.45, 7) is 2.50. The fraction of sp³-hybridized carbons (Fsp3) is 0.217. The van der Waals surface area contributed by atoms with Crippen LogP contribution in [0.4, 0.5) is 5.82 Å². The topological polar surface area (TPSA) is 95.7 Å². The molecule has 10 heteroatoms. The molecule has 3 heterocycles. The average molecular weight is 487 g/mol. The van der Waals surface area contributed by atoms with Gasteiger partial charge in [0.2, 0.25) is 15.9 Å². The van der Waals surface area contributed by atoms with E-state index in [2.05, 4.69) is 14.6 Å². The van der Waals surface area contributed by atoms with Crippen LogP contribution in [0.5, 0.6) is 0 Å². The summed E-state index contributed by atoms with van der Waals surface area (Å²) in [5.74, 6) is 1.16. The second kappa shape index (κ2) is 10.2. The first-order chi connectivity index (χ1) is 15.9. The van der Waals surface area contributed by atoms with Gasteiger partial charge in [0.1, 0.15) is 11.6 Å². The molecule has 3 aromatic rings. The van der Waals surface area contributed by atoms with Crippen molar-refractivity contribution in [2.24, 2.45) is 0 Å². The number of piperazine rings is 1. The van der Waals surface area contributed by atoms with E-state index in [9.17, 15) is 13.2 Å². The van der Waals surface area contributed by atoms with E-state index < -0.39 is 10.0 Å². The van der Waals surface area contributed by atoms with Crippen molar-refractivity contribution >= 4 is 39.4 Å². The number of pyridine rings is 1. The third-order valence-electron chi connectivity index (χ3n) is 5.26. The van der Waals surface area contributed by atoms with Gasteiger partial charge < -0.3 is 14.2 Å². The molecule has 2 aromatic heterocycles. The zero-order chi connectivity index (χ0) is 23.3. The number of hydrogen-bond donors (Lipinski definition) is 1. The Morgan fingerprint density at radius 3 is 2.52 bits per heavy atom. The van der Waals surface area contributed by atoms with E-state index in [0.717, 1.165) is 11.4 Å². The minimum Gasteiger partial charge on any atom is -0.468 e. The number of nitrogens with one attached hydrogen (secondary N) is 1. The summed E-state index contributed by atoms with van der Waals surface area (Å²) in [6.07, 6.45) is 6.37. The van der Waals surface area contributed by atoms with Gasteiger partial charge in [-0.2, -0.15) is 0 Å². The van der Waals surface area contributed by atoms with E-state index in [4.69, 9.17) is 16.0 Å². The van der Waals surface area contributed by atoms with Crippen molar-refractivity contribution in [3.63, 3.8) is 0 Å². The number of furan rings is 1. The van der Waals surface area contributed by atoms with Gasteiger partial charge in [0.15, 0.2) is 0 Å². The van der Waals surface area contributed by atoms with Crippen LogP contribution in [0, 0.1) is 0 Å². The fourth-order valence-electron chi connectivity index (χ4n) is 3.44. The number of carbonyl (C=O) groups excluding carboxylic acids is 1.